The van der Waals surface area contributed by atoms with Crippen LogP contribution in [0.15, 0.2) is 0 Å². The van der Waals surface area contributed by atoms with Crippen molar-refractivity contribution in [3.05, 3.63) is 0 Å². The molecule has 0 aliphatic rings. The van der Waals surface area contributed by atoms with Crippen LogP contribution >= 0.6 is 0 Å². The summed E-state index contributed by atoms with van der Waals surface area (Å²) in [6.07, 6.45) is 41.0. The van der Waals surface area contributed by atoms with Gasteiger partial charge in [0.25, 0.3) is 0 Å². The van der Waals surface area contributed by atoms with Crippen LogP contribution in [0.2, 0.25) is 0 Å². The Bertz CT molecular complexity index is 601. The van der Waals surface area contributed by atoms with Crippen LogP contribution in [0.25, 0.3) is 0 Å². The standard InChI is InChI=1S/C41H83NO4/c1-3-5-7-9-11-13-15-17-18-19-20-21-22-23-24-26-28-30-32-34-36-40(45)41(46)42-38(37-43)39(44)35-33-31-29-27-25-16-14-12-10-8-6-4-2/h38-40,43-45H,3-37H2,1-2H3,(H,42,46). The summed E-state index contributed by atoms with van der Waals surface area (Å²) in [7, 11) is 0. The van der Waals surface area contributed by atoms with Crippen LogP contribution < -0.4 is 5.32 Å². The second kappa shape index (κ2) is 37.2. The van der Waals surface area contributed by atoms with Crippen molar-refractivity contribution < 1.29 is 20.1 Å². The van der Waals surface area contributed by atoms with Crippen LogP contribution in [0.4, 0.5) is 0 Å². The molecule has 5 heteroatoms. The lowest BCUT2D eigenvalue weighted by atomic mass is 10.0. The van der Waals surface area contributed by atoms with Gasteiger partial charge in [-0.25, -0.2) is 0 Å². The van der Waals surface area contributed by atoms with Gasteiger partial charge in [0.15, 0.2) is 0 Å². The lowest BCUT2D eigenvalue weighted by Crippen LogP contribution is -2.49. The van der Waals surface area contributed by atoms with E-state index in [2.05, 4.69) is 19.2 Å². The smallest absolute Gasteiger partial charge is 0.249 e. The Morgan fingerprint density at radius 1 is 0.435 bits per heavy atom. The van der Waals surface area contributed by atoms with E-state index in [9.17, 15) is 20.1 Å². The average Bonchev–Trinajstić information content (AvgIpc) is 3.06. The fourth-order valence-electron chi connectivity index (χ4n) is 6.66. The van der Waals surface area contributed by atoms with Crippen molar-refractivity contribution >= 4 is 5.91 Å². The maximum absolute atomic E-state index is 12.4. The number of rotatable bonds is 38. The third-order valence-corrected chi connectivity index (χ3v) is 9.98. The fraction of sp³-hybridized carbons (Fsp3) is 0.976. The molecule has 0 aromatic heterocycles. The lowest BCUT2D eigenvalue weighted by Gasteiger charge is -2.23. The second-order valence-corrected chi connectivity index (χ2v) is 14.6. The largest absolute Gasteiger partial charge is 0.394 e. The van der Waals surface area contributed by atoms with Gasteiger partial charge in [-0.1, -0.05) is 219 Å². The average molecular weight is 654 g/mol. The van der Waals surface area contributed by atoms with Gasteiger partial charge in [0.05, 0.1) is 18.8 Å². The van der Waals surface area contributed by atoms with E-state index in [1.54, 1.807) is 0 Å². The molecule has 0 aromatic carbocycles. The number of aliphatic hydroxyl groups is 3. The third kappa shape index (κ3) is 31.9. The molecule has 0 saturated carbocycles. The van der Waals surface area contributed by atoms with Crippen molar-refractivity contribution in [3.8, 4) is 0 Å². The molecule has 0 bridgehead atoms. The zero-order chi connectivity index (χ0) is 33.8. The molecule has 0 aliphatic carbocycles. The molecule has 0 spiro atoms. The minimum absolute atomic E-state index is 0.308. The van der Waals surface area contributed by atoms with Gasteiger partial charge in [0.1, 0.15) is 6.10 Å². The predicted octanol–water partition coefficient (Wildman–Crippen LogP) is 11.5. The summed E-state index contributed by atoms with van der Waals surface area (Å²) in [6.45, 7) is 4.23. The van der Waals surface area contributed by atoms with E-state index in [-0.39, 0.29) is 6.61 Å². The summed E-state index contributed by atoms with van der Waals surface area (Å²) in [5.74, 6) is -0.467. The number of nitrogens with one attached hydrogen (secondary N) is 1. The minimum Gasteiger partial charge on any atom is -0.394 e. The number of carbonyl (C=O) groups is 1. The van der Waals surface area contributed by atoms with Crippen LogP contribution in [0, 0.1) is 0 Å². The summed E-state index contributed by atoms with van der Waals surface area (Å²) >= 11 is 0. The first-order chi connectivity index (χ1) is 22.6. The number of hydrogen-bond donors (Lipinski definition) is 4. The van der Waals surface area contributed by atoms with Gasteiger partial charge in [-0.3, -0.25) is 4.79 Å². The molecular formula is C41H83NO4. The number of hydrogen-bond acceptors (Lipinski definition) is 4. The predicted molar refractivity (Wildman–Crippen MR) is 199 cm³/mol. The molecule has 0 radical (unpaired) electrons. The van der Waals surface area contributed by atoms with E-state index in [0.717, 1.165) is 32.1 Å². The minimum atomic E-state index is -1.07. The molecule has 46 heavy (non-hydrogen) atoms. The van der Waals surface area contributed by atoms with Gasteiger partial charge in [0, 0.05) is 0 Å². The maximum atomic E-state index is 12.4. The van der Waals surface area contributed by atoms with Crippen molar-refractivity contribution in [1.82, 2.24) is 5.32 Å². The van der Waals surface area contributed by atoms with Gasteiger partial charge >= 0.3 is 0 Å². The summed E-state index contributed by atoms with van der Waals surface area (Å²) in [4.78, 5) is 12.4. The van der Waals surface area contributed by atoms with Gasteiger partial charge in [-0.2, -0.15) is 0 Å². The van der Waals surface area contributed by atoms with Gasteiger partial charge in [-0.05, 0) is 12.8 Å². The highest BCUT2D eigenvalue weighted by Gasteiger charge is 2.23. The maximum Gasteiger partial charge on any atom is 0.249 e. The summed E-state index contributed by atoms with van der Waals surface area (Å²) in [5, 5.41) is 33.2. The van der Waals surface area contributed by atoms with Crippen LogP contribution in [0.5, 0.6) is 0 Å². The van der Waals surface area contributed by atoms with Crippen molar-refractivity contribution in [1.29, 1.82) is 0 Å². The summed E-state index contributed by atoms with van der Waals surface area (Å²) in [5.41, 5.74) is 0. The normalized spacial score (nSPS) is 13.6. The van der Waals surface area contributed by atoms with E-state index >= 15 is 0 Å². The highest BCUT2D eigenvalue weighted by Crippen LogP contribution is 2.17. The number of aliphatic hydroxyl groups excluding tert-OH is 3. The summed E-state index contributed by atoms with van der Waals surface area (Å²) in [6, 6.07) is -0.704. The highest BCUT2D eigenvalue weighted by atomic mass is 16.3. The topological polar surface area (TPSA) is 89.8 Å². The first-order valence-corrected chi connectivity index (χ1v) is 20.8. The zero-order valence-electron chi connectivity index (χ0n) is 31.2. The molecule has 5 nitrogen and oxygen atoms in total. The van der Waals surface area contributed by atoms with Gasteiger partial charge < -0.3 is 20.6 Å². The Labute approximate surface area is 287 Å². The zero-order valence-corrected chi connectivity index (χ0v) is 31.2. The first-order valence-electron chi connectivity index (χ1n) is 20.8. The second-order valence-electron chi connectivity index (χ2n) is 14.6. The SMILES string of the molecule is CCCCCCCCCCCCCCCCCCCCCCC(O)C(=O)NC(CO)C(O)CCCCCCCCCCCCCC. The summed E-state index contributed by atoms with van der Waals surface area (Å²) < 4.78 is 0. The monoisotopic (exact) mass is 654 g/mol. The number of unbranched alkanes of at least 4 members (excludes halogenated alkanes) is 30. The molecule has 0 aromatic rings. The lowest BCUT2D eigenvalue weighted by molar-refractivity contribution is -0.131. The Balaban J connectivity index is 3.57. The van der Waals surface area contributed by atoms with Gasteiger partial charge in [-0.15, -0.1) is 0 Å². The molecule has 0 rings (SSSR count). The van der Waals surface area contributed by atoms with Crippen molar-refractivity contribution in [3.63, 3.8) is 0 Å². The van der Waals surface area contributed by atoms with Crippen molar-refractivity contribution in [2.45, 2.75) is 250 Å². The molecule has 276 valence electrons. The van der Waals surface area contributed by atoms with Crippen molar-refractivity contribution in [2.24, 2.45) is 0 Å². The Kier molecular flexibility index (Phi) is 36.6. The van der Waals surface area contributed by atoms with E-state index < -0.39 is 24.2 Å². The van der Waals surface area contributed by atoms with Crippen LogP contribution in [-0.4, -0.2) is 46.1 Å². The molecule has 4 N–H and O–H groups in total. The number of amides is 1. The van der Waals surface area contributed by atoms with E-state index in [4.69, 9.17) is 0 Å². The molecule has 1 amide bonds. The molecule has 3 atom stereocenters. The molecule has 0 fully saturated rings. The van der Waals surface area contributed by atoms with Gasteiger partial charge in [0.2, 0.25) is 5.91 Å². The Morgan fingerprint density at radius 3 is 0.978 bits per heavy atom. The molecule has 0 heterocycles. The first kappa shape index (κ1) is 45.3. The quantitative estimate of drug-likeness (QED) is 0.0499. The molecule has 0 saturated heterocycles. The van der Waals surface area contributed by atoms with Crippen LogP contribution in [0.1, 0.15) is 232 Å². The van der Waals surface area contributed by atoms with Crippen LogP contribution in [-0.2, 0) is 4.79 Å². The molecule has 0 aliphatic heterocycles. The Morgan fingerprint density at radius 2 is 0.696 bits per heavy atom. The molecular weight excluding hydrogens is 570 g/mol. The molecule has 3 unspecified atom stereocenters. The fourth-order valence-corrected chi connectivity index (χ4v) is 6.66. The van der Waals surface area contributed by atoms with E-state index in [0.29, 0.717) is 12.8 Å². The Hall–Kier alpha value is -0.650. The van der Waals surface area contributed by atoms with Crippen molar-refractivity contribution in [2.75, 3.05) is 6.61 Å². The third-order valence-electron chi connectivity index (χ3n) is 9.98. The van der Waals surface area contributed by atoms with E-state index in [1.807, 2.05) is 0 Å². The highest BCUT2D eigenvalue weighted by molar-refractivity contribution is 5.80. The van der Waals surface area contributed by atoms with Crippen LogP contribution in [0.3, 0.4) is 0 Å². The number of carbonyl (C=O) groups excluding carboxylic acids is 1. The van der Waals surface area contributed by atoms with E-state index in [1.165, 1.54) is 173 Å².